The van der Waals surface area contributed by atoms with Crippen LogP contribution < -0.4 is 20.3 Å². The van der Waals surface area contributed by atoms with Gasteiger partial charge in [-0.25, -0.2) is 13.1 Å². The van der Waals surface area contributed by atoms with Gasteiger partial charge in [0.1, 0.15) is 11.4 Å². The Hall–Kier alpha value is -4.15. The maximum Gasteiger partial charge on any atom is 0.286 e. The SMILES string of the molecule is COc1ccc2cc(C(=O)NNC(=O)c3cccc(S(=O)(=O)NCc4ccccc4)c3)[nH]c2c1. The number of hydrazine groups is 1. The second-order valence-corrected chi connectivity index (χ2v) is 9.15. The summed E-state index contributed by atoms with van der Waals surface area (Å²) in [6, 6.07) is 21.6. The van der Waals surface area contributed by atoms with Crippen molar-refractivity contribution >= 4 is 32.7 Å². The minimum Gasteiger partial charge on any atom is -0.497 e. The van der Waals surface area contributed by atoms with Crippen LogP contribution in [0.2, 0.25) is 0 Å². The van der Waals surface area contributed by atoms with Crippen LogP contribution >= 0.6 is 0 Å². The van der Waals surface area contributed by atoms with Crippen LogP contribution in [0.4, 0.5) is 0 Å². The van der Waals surface area contributed by atoms with E-state index in [0.29, 0.717) is 11.3 Å². The Morgan fingerprint density at radius 2 is 1.65 bits per heavy atom. The molecule has 0 saturated carbocycles. The van der Waals surface area contributed by atoms with Crippen molar-refractivity contribution in [3.05, 3.63) is 95.7 Å². The lowest BCUT2D eigenvalue weighted by molar-refractivity contribution is 0.0844. The third kappa shape index (κ3) is 5.25. The Balaban J connectivity index is 1.40. The van der Waals surface area contributed by atoms with Crippen LogP contribution in [0.25, 0.3) is 10.9 Å². The first-order chi connectivity index (χ1) is 16.4. The highest BCUT2D eigenvalue weighted by Crippen LogP contribution is 2.21. The molecule has 4 rings (SSSR count). The Morgan fingerprint density at radius 3 is 2.41 bits per heavy atom. The molecule has 0 unspecified atom stereocenters. The van der Waals surface area contributed by atoms with Gasteiger partial charge in [0, 0.05) is 29.1 Å². The average molecular weight is 479 g/mol. The van der Waals surface area contributed by atoms with Gasteiger partial charge >= 0.3 is 0 Å². The third-order valence-corrected chi connectivity index (χ3v) is 6.48. The minimum absolute atomic E-state index is 0.0630. The number of carbonyl (C=O) groups is 2. The van der Waals surface area contributed by atoms with Gasteiger partial charge in [-0.2, -0.15) is 0 Å². The van der Waals surface area contributed by atoms with Crippen molar-refractivity contribution in [3.63, 3.8) is 0 Å². The summed E-state index contributed by atoms with van der Waals surface area (Å²) in [5, 5.41) is 0.804. The number of sulfonamides is 1. The average Bonchev–Trinajstić information content (AvgIpc) is 3.30. The zero-order chi connectivity index (χ0) is 24.1. The first-order valence-corrected chi connectivity index (χ1v) is 11.7. The molecular weight excluding hydrogens is 456 g/mol. The molecule has 34 heavy (non-hydrogen) atoms. The topological polar surface area (TPSA) is 129 Å². The molecule has 1 heterocycles. The molecule has 174 valence electrons. The van der Waals surface area contributed by atoms with Crippen LogP contribution in [0, 0.1) is 0 Å². The Morgan fingerprint density at radius 1 is 0.882 bits per heavy atom. The molecule has 1 aromatic heterocycles. The van der Waals surface area contributed by atoms with Gasteiger partial charge in [0.2, 0.25) is 10.0 Å². The van der Waals surface area contributed by atoms with Crippen molar-refractivity contribution in [3.8, 4) is 5.75 Å². The highest BCUT2D eigenvalue weighted by atomic mass is 32.2. The van der Waals surface area contributed by atoms with E-state index in [1.807, 2.05) is 18.2 Å². The number of fused-ring (bicyclic) bond motifs is 1. The summed E-state index contributed by atoms with van der Waals surface area (Å²) in [5.41, 5.74) is 6.45. The third-order valence-electron chi connectivity index (χ3n) is 5.08. The van der Waals surface area contributed by atoms with E-state index in [-0.39, 0.29) is 22.7 Å². The van der Waals surface area contributed by atoms with E-state index in [4.69, 9.17) is 4.74 Å². The van der Waals surface area contributed by atoms with E-state index in [9.17, 15) is 18.0 Å². The van der Waals surface area contributed by atoms with E-state index in [2.05, 4.69) is 20.6 Å². The van der Waals surface area contributed by atoms with Gasteiger partial charge in [-0.15, -0.1) is 0 Å². The highest BCUT2D eigenvalue weighted by molar-refractivity contribution is 7.89. The number of benzene rings is 3. The van der Waals surface area contributed by atoms with Crippen LogP contribution in [0.3, 0.4) is 0 Å². The minimum atomic E-state index is -3.84. The molecule has 0 aliphatic heterocycles. The normalized spacial score (nSPS) is 11.2. The van der Waals surface area contributed by atoms with Gasteiger partial charge in [0.25, 0.3) is 11.8 Å². The molecular formula is C24H22N4O5S. The number of hydrogen-bond acceptors (Lipinski definition) is 5. The molecule has 0 aliphatic rings. The fourth-order valence-electron chi connectivity index (χ4n) is 3.27. The summed E-state index contributed by atoms with van der Waals surface area (Å²) < 4.78 is 32.9. The first-order valence-electron chi connectivity index (χ1n) is 10.3. The molecule has 4 aromatic rings. The molecule has 0 bridgehead atoms. The van der Waals surface area contributed by atoms with Crippen molar-refractivity contribution in [2.45, 2.75) is 11.4 Å². The summed E-state index contributed by atoms with van der Waals surface area (Å²) in [5.74, 6) is -0.578. The number of carbonyl (C=O) groups excluding carboxylic acids is 2. The largest absolute Gasteiger partial charge is 0.497 e. The quantitative estimate of drug-likeness (QED) is 0.304. The van der Waals surface area contributed by atoms with Crippen molar-refractivity contribution in [1.29, 1.82) is 0 Å². The zero-order valence-corrected chi connectivity index (χ0v) is 19.0. The number of H-pyrrole nitrogens is 1. The molecule has 0 saturated heterocycles. The maximum absolute atomic E-state index is 12.6. The second-order valence-electron chi connectivity index (χ2n) is 7.38. The standard InChI is InChI=1S/C24H22N4O5S/c1-33-19-11-10-17-13-22(26-21(17)14-19)24(30)28-27-23(29)18-8-5-9-20(12-18)34(31,32)25-15-16-6-3-2-4-7-16/h2-14,25-26H,15H2,1H3,(H,27,29)(H,28,30). The van der Waals surface area contributed by atoms with Crippen molar-refractivity contribution in [1.82, 2.24) is 20.6 Å². The summed E-state index contributed by atoms with van der Waals surface area (Å²) in [6.45, 7) is 0.117. The van der Waals surface area contributed by atoms with E-state index in [1.54, 1.807) is 43.5 Å². The lowest BCUT2D eigenvalue weighted by Crippen LogP contribution is -2.41. The molecule has 3 aromatic carbocycles. The number of aromatic amines is 1. The van der Waals surface area contributed by atoms with Gasteiger partial charge in [-0.3, -0.25) is 20.4 Å². The van der Waals surface area contributed by atoms with E-state index < -0.39 is 21.8 Å². The summed E-state index contributed by atoms with van der Waals surface area (Å²) in [6.07, 6.45) is 0. The zero-order valence-electron chi connectivity index (χ0n) is 18.2. The fraction of sp³-hybridized carbons (Fsp3) is 0.0833. The van der Waals surface area contributed by atoms with Gasteiger partial charge in [-0.05, 0) is 42.0 Å². The Labute approximate surface area is 196 Å². The monoisotopic (exact) mass is 478 g/mol. The molecule has 4 N–H and O–H groups in total. The highest BCUT2D eigenvalue weighted by Gasteiger charge is 2.17. The number of methoxy groups -OCH3 is 1. The lowest BCUT2D eigenvalue weighted by atomic mass is 10.2. The fourth-order valence-corrected chi connectivity index (χ4v) is 4.33. The first kappa shape index (κ1) is 23.0. The number of amides is 2. The Kier molecular flexibility index (Phi) is 6.62. The number of ether oxygens (including phenoxy) is 1. The predicted molar refractivity (Wildman–Crippen MR) is 127 cm³/mol. The van der Waals surface area contributed by atoms with Crippen LogP contribution in [0.1, 0.15) is 26.4 Å². The van der Waals surface area contributed by atoms with Crippen molar-refractivity contribution in [2.75, 3.05) is 7.11 Å². The molecule has 10 heteroatoms. The summed E-state index contributed by atoms with van der Waals surface area (Å²) in [4.78, 5) is 27.9. The lowest BCUT2D eigenvalue weighted by Gasteiger charge is -2.10. The van der Waals surface area contributed by atoms with Crippen molar-refractivity contribution < 1.29 is 22.7 Å². The van der Waals surface area contributed by atoms with Gasteiger partial charge in [-0.1, -0.05) is 36.4 Å². The van der Waals surface area contributed by atoms with E-state index in [0.717, 1.165) is 10.9 Å². The van der Waals surface area contributed by atoms with E-state index >= 15 is 0 Å². The second kappa shape index (κ2) is 9.77. The van der Waals surface area contributed by atoms with Crippen LogP contribution in [-0.4, -0.2) is 32.3 Å². The van der Waals surface area contributed by atoms with Gasteiger partial charge in [0.05, 0.1) is 12.0 Å². The number of aromatic nitrogens is 1. The summed E-state index contributed by atoms with van der Waals surface area (Å²) >= 11 is 0. The van der Waals surface area contributed by atoms with Crippen LogP contribution in [0.5, 0.6) is 5.75 Å². The van der Waals surface area contributed by atoms with Crippen LogP contribution in [0.15, 0.2) is 83.8 Å². The van der Waals surface area contributed by atoms with Crippen molar-refractivity contribution in [2.24, 2.45) is 0 Å². The van der Waals surface area contributed by atoms with Gasteiger partial charge < -0.3 is 9.72 Å². The number of nitrogens with one attached hydrogen (secondary N) is 4. The molecule has 0 radical (unpaired) electrons. The smallest absolute Gasteiger partial charge is 0.286 e. The number of hydrogen-bond donors (Lipinski definition) is 4. The van der Waals surface area contributed by atoms with Gasteiger partial charge in [0.15, 0.2) is 0 Å². The maximum atomic E-state index is 12.6. The molecule has 9 nitrogen and oxygen atoms in total. The molecule has 0 fully saturated rings. The number of rotatable bonds is 7. The predicted octanol–water partition coefficient (Wildman–Crippen LogP) is 2.73. The molecule has 0 spiro atoms. The van der Waals surface area contributed by atoms with E-state index in [1.165, 1.54) is 24.3 Å². The summed E-state index contributed by atoms with van der Waals surface area (Å²) in [7, 11) is -2.29. The Bertz CT molecular complexity index is 1450. The molecule has 2 amide bonds. The molecule has 0 aliphatic carbocycles. The molecule has 0 atom stereocenters. The van der Waals surface area contributed by atoms with Crippen LogP contribution in [-0.2, 0) is 16.6 Å².